The first kappa shape index (κ1) is 18.5. The molecular weight excluding hydrogens is 346 g/mol. The third-order valence-electron chi connectivity index (χ3n) is 4.12. The zero-order chi connectivity index (χ0) is 18.4. The van der Waals surface area contributed by atoms with Crippen molar-refractivity contribution in [3.05, 3.63) is 71.3 Å². The lowest BCUT2D eigenvalue weighted by Crippen LogP contribution is -2.33. The second-order valence-corrected chi connectivity index (χ2v) is 7.53. The normalized spacial score (nSPS) is 14.5. The summed E-state index contributed by atoms with van der Waals surface area (Å²) in [5.74, 6) is 0.339. The molecule has 2 aromatic carbocycles. The summed E-state index contributed by atoms with van der Waals surface area (Å²) < 4.78 is 5.51. The Labute approximate surface area is 158 Å². The third-order valence-corrected chi connectivity index (χ3v) is 5.10. The quantitative estimate of drug-likeness (QED) is 0.719. The van der Waals surface area contributed by atoms with Crippen LogP contribution in [0, 0.1) is 6.92 Å². The van der Waals surface area contributed by atoms with Gasteiger partial charge in [-0.2, -0.15) is 0 Å². The maximum Gasteiger partial charge on any atom is 0.317 e. The van der Waals surface area contributed by atoms with Gasteiger partial charge in [0.25, 0.3) is 5.91 Å². The lowest BCUT2D eigenvalue weighted by Gasteiger charge is -2.18. The molecule has 1 atom stereocenters. The third kappa shape index (κ3) is 5.63. The van der Waals surface area contributed by atoms with Crippen LogP contribution in [0.1, 0.15) is 35.6 Å². The van der Waals surface area contributed by atoms with Gasteiger partial charge < -0.3 is 10.1 Å². The number of ether oxygens (including phenoxy) is 1. The second kappa shape index (κ2) is 8.90. The molecule has 1 amide bonds. The van der Waals surface area contributed by atoms with Crippen LogP contribution in [0.15, 0.2) is 54.6 Å². The Kier molecular flexibility index (Phi) is 6.34. The van der Waals surface area contributed by atoms with E-state index >= 15 is 0 Å². The molecule has 26 heavy (non-hydrogen) atoms. The van der Waals surface area contributed by atoms with E-state index in [2.05, 4.69) is 29.6 Å². The van der Waals surface area contributed by atoms with E-state index in [0.29, 0.717) is 5.56 Å². The van der Waals surface area contributed by atoms with Gasteiger partial charge in [-0.25, -0.2) is 0 Å². The van der Waals surface area contributed by atoms with Crippen molar-refractivity contribution in [1.82, 2.24) is 5.32 Å². The molecule has 0 aliphatic heterocycles. The zero-order valence-electron chi connectivity index (χ0n) is 14.8. The highest BCUT2D eigenvalue weighted by atomic mass is 32.2. The maximum absolute atomic E-state index is 12.5. The first-order chi connectivity index (χ1) is 12.6. The monoisotopic (exact) mass is 369 g/mol. The smallest absolute Gasteiger partial charge is 0.317 e. The van der Waals surface area contributed by atoms with E-state index in [1.165, 1.54) is 22.9 Å². The summed E-state index contributed by atoms with van der Waals surface area (Å²) in [7, 11) is 0. The van der Waals surface area contributed by atoms with Crippen molar-refractivity contribution >= 4 is 23.6 Å². The minimum Gasteiger partial charge on any atom is -0.447 e. The summed E-state index contributed by atoms with van der Waals surface area (Å²) in [5, 5.41) is 2.92. The molecule has 3 rings (SSSR count). The minimum atomic E-state index is -0.885. The molecule has 4 nitrogen and oxygen atoms in total. The van der Waals surface area contributed by atoms with Crippen LogP contribution in [0.4, 0.5) is 0 Å². The molecule has 0 spiro atoms. The van der Waals surface area contributed by atoms with Gasteiger partial charge in [0.05, 0.1) is 5.75 Å². The SMILES string of the molecule is Cc1ccc(CSCC(=O)O[C@@H](C(=O)NC2CC2)c2ccccc2)cc1. The topological polar surface area (TPSA) is 55.4 Å². The van der Waals surface area contributed by atoms with Crippen molar-refractivity contribution < 1.29 is 14.3 Å². The fourth-order valence-electron chi connectivity index (χ4n) is 2.51. The van der Waals surface area contributed by atoms with Crippen molar-refractivity contribution in [1.29, 1.82) is 0 Å². The first-order valence-electron chi connectivity index (χ1n) is 8.80. The summed E-state index contributed by atoms with van der Waals surface area (Å²) in [5.41, 5.74) is 3.08. The number of benzene rings is 2. The molecule has 1 saturated carbocycles. The van der Waals surface area contributed by atoms with Crippen LogP contribution >= 0.6 is 11.8 Å². The maximum atomic E-state index is 12.5. The zero-order valence-corrected chi connectivity index (χ0v) is 15.6. The number of carbonyl (C=O) groups excluding carboxylic acids is 2. The van der Waals surface area contributed by atoms with Gasteiger partial charge in [0.2, 0.25) is 6.10 Å². The first-order valence-corrected chi connectivity index (χ1v) is 9.95. The van der Waals surface area contributed by atoms with Crippen LogP contribution in [-0.4, -0.2) is 23.7 Å². The molecule has 0 unspecified atom stereocenters. The standard InChI is InChI=1S/C21H23NO3S/c1-15-7-9-16(10-8-15)13-26-14-19(23)25-20(17-5-3-2-4-6-17)21(24)22-18-11-12-18/h2-10,18,20H,11-14H2,1H3,(H,22,24)/t20-/m1/s1. The van der Waals surface area contributed by atoms with E-state index in [0.717, 1.165) is 18.6 Å². The summed E-state index contributed by atoms with van der Waals surface area (Å²) in [6, 6.07) is 17.6. The average molecular weight is 369 g/mol. The molecule has 0 aromatic heterocycles. The van der Waals surface area contributed by atoms with Gasteiger partial charge in [-0.05, 0) is 25.3 Å². The summed E-state index contributed by atoms with van der Waals surface area (Å²) >= 11 is 1.49. The number of thioether (sulfide) groups is 1. The molecule has 136 valence electrons. The predicted molar refractivity (Wildman–Crippen MR) is 104 cm³/mol. The number of esters is 1. The Balaban J connectivity index is 1.54. The molecule has 1 aliphatic carbocycles. The van der Waals surface area contributed by atoms with Crippen molar-refractivity contribution in [2.75, 3.05) is 5.75 Å². The van der Waals surface area contributed by atoms with Crippen molar-refractivity contribution in [2.24, 2.45) is 0 Å². The number of aryl methyl sites for hydroxylation is 1. The van der Waals surface area contributed by atoms with E-state index in [1.54, 1.807) is 0 Å². The fraction of sp³-hybridized carbons (Fsp3) is 0.333. The van der Waals surface area contributed by atoms with Crippen LogP contribution in [0.5, 0.6) is 0 Å². The summed E-state index contributed by atoms with van der Waals surface area (Å²) in [6.45, 7) is 2.05. The Bertz CT molecular complexity index is 742. The van der Waals surface area contributed by atoms with Gasteiger partial charge in [0.1, 0.15) is 0 Å². The molecule has 1 N–H and O–H groups in total. The van der Waals surface area contributed by atoms with Gasteiger partial charge in [-0.15, -0.1) is 11.8 Å². The van der Waals surface area contributed by atoms with Gasteiger partial charge in [0.15, 0.2) is 0 Å². The van der Waals surface area contributed by atoms with Crippen LogP contribution in [0.2, 0.25) is 0 Å². The van der Waals surface area contributed by atoms with Gasteiger partial charge in [-0.1, -0.05) is 60.2 Å². The van der Waals surface area contributed by atoms with E-state index in [9.17, 15) is 9.59 Å². The highest BCUT2D eigenvalue weighted by molar-refractivity contribution is 7.99. The number of carbonyl (C=O) groups is 2. The van der Waals surface area contributed by atoms with Crippen molar-refractivity contribution in [3.8, 4) is 0 Å². The summed E-state index contributed by atoms with van der Waals surface area (Å²) in [4.78, 5) is 24.7. The average Bonchev–Trinajstić information content (AvgIpc) is 3.46. The molecule has 2 aromatic rings. The largest absolute Gasteiger partial charge is 0.447 e. The molecule has 0 heterocycles. The van der Waals surface area contributed by atoms with Gasteiger partial charge >= 0.3 is 5.97 Å². The van der Waals surface area contributed by atoms with Crippen LogP contribution < -0.4 is 5.32 Å². The molecule has 1 aliphatic rings. The van der Waals surface area contributed by atoms with Crippen molar-refractivity contribution in [2.45, 2.75) is 37.7 Å². The highest BCUT2D eigenvalue weighted by Crippen LogP contribution is 2.24. The lowest BCUT2D eigenvalue weighted by molar-refractivity contribution is -0.154. The van der Waals surface area contributed by atoms with Gasteiger partial charge in [0, 0.05) is 17.4 Å². The van der Waals surface area contributed by atoms with Gasteiger partial charge in [-0.3, -0.25) is 9.59 Å². The molecular formula is C21H23NO3S. The van der Waals surface area contributed by atoms with E-state index in [-0.39, 0.29) is 23.7 Å². The van der Waals surface area contributed by atoms with Crippen LogP contribution in [0.25, 0.3) is 0 Å². The van der Waals surface area contributed by atoms with Crippen LogP contribution in [0.3, 0.4) is 0 Å². The van der Waals surface area contributed by atoms with Crippen LogP contribution in [-0.2, 0) is 20.1 Å². The molecule has 0 radical (unpaired) electrons. The number of hydrogen-bond donors (Lipinski definition) is 1. The number of rotatable bonds is 8. The Morgan fingerprint density at radius 3 is 2.46 bits per heavy atom. The second-order valence-electron chi connectivity index (χ2n) is 6.54. The molecule has 1 fully saturated rings. The number of nitrogens with one attached hydrogen (secondary N) is 1. The fourth-order valence-corrected chi connectivity index (χ4v) is 3.27. The van der Waals surface area contributed by atoms with Crippen molar-refractivity contribution in [3.63, 3.8) is 0 Å². The lowest BCUT2D eigenvalue weighted by atomic mass is 10.1. The Morgan fingerprint density at radius 1 is 1.12 bits per heavy atom. The molecule has 0 bridgehead atoms. The van der Waals surface area contributed by atoms with E-state index in [4.69, 9.17) is 4.74 Å². The number of amides is 1. The minimum absolute atomic E-state index is 0.216. The van der Waals surface area contributed by atoms with E-state index in [1.807, 2.05) is 37.3 Å². The molecule has 0 saturated heterocycles. The predicted octanol–water partition coefficient (Wildman–Crippen LogP) is 3.79. The summed E-state index contributed by atoms with van der Waals surface area (Å²) in [6.07, 6.45) is 1.10. The molecule has 5 heteroatoms. The highest BCUT2D eigenvalue weighted by Gasteiger charge is 2.30. The Morgan fingerprint density at radius 2 is 1.81 bits per heavy atom. The Hall–Kier alpha value is -2.27. The number of hydrogen-bond acceptors (Lipinski definition) is 4. The van der Waals surface area contributed by atoms with E-state index < -0.39 is 6.10 Å².